The first-order valence-corrected chi connectivity index (χ1v) is 14.3. The van der Waals surface area contributed by atoms with Crippen molar-refractivity contribution in [2.24, 2.45) is 5.73 Å². The Bertz CT molecular complexity index is 1530. The first-order chi connectivity index (χ1) is 17.0. The number of hydrogen-bond donors (Lipinski definition) is 1. The topological polar surface area (TPSA) is 141 Å². The molecule has 202 valence electrons. The lowest BCUT2D eigenvalue weighted by atomic mass is 10.0. The number of anilines is 1. The number of carbonyl (C=O) groups excluding carboxylic acids is 1. The van der Waals surface area contributed by atoms with Gasteiger partial charge in [-0.05, 0) is 42.2 Å². The van der Waals surface area contributed by atoms with Crippen molar-refractivity contribution in [3.8, 4) is 0 Å². The maximum absolute atomic E-state index is 13.3. The van der Waals surface area contributed by atoms with Gasteiger partial charge in [0.15, 0.2) is 0 Å². The monoisotopic (exact) mass is 565 g/mol. The molecule has 0 aliphatic rings. The van der Waals surface area contributed by atoms with Crippen LogP contribution in [-0.2, 0) is 32.7 Å². The van der Waals surface area contributed by atoms with E-state index in [0.29, 0.717) is 15.4 Å². The molecule has 0 atom stereocenters. The molecule has 0 saturated heterocycles. The van der Waals surface area contributed by atoms with Crippen molar-refractivity contribution in [1.82, 2.24) is 4.98 Å². The van der Waals surface area contributed by atoms with E-state index in [9.17, 15) is 39.2 Å². The number of rotatable bonds is 10. The number of hydrogen-bond acceptors (Lipinski definition) is 7. The van der Waals surface area contributed by atoms with Crippen LogP contribution >= 0.6 is 0 Å². The van der Waals surface area contributed by atoms with E-state index in [1.807, 2.05) is 0 Å². The third kappa shape index (κ3) is 6.21. The Morgan fingerprint density at radius 2 is 1.76 bits per heavy atom. The smallest absolute Gasteiger partial charge is 0.441 e. The third-order valence-electron chi connectivity index (χ3n) is 5.48. The highest BCUT2D eigenvalue weighted by Gasteiger charge is 2.45. The fourth-order valence-electron chi connectivity index (χ4n) is 3.70. The third-order valence-corrected chi connectivity index (χ3v) is 8.17. The van der Waals surface area contributed by atoms with Crippen LogP contribution < -0.4 is 10.0 Å². The minimum absolute atomic E-state index is 0.00440. The van der Waals surface area contributed by atoms with E-state index >= 15 is 0 Å². The van der Waals surface area contributed by atoms with E-state index in [0.717, 1.165) is 6.26 Å². The van der Waals surface area contributed by atoms with Gasteiger partial charge in [0.1, 0.15) is 17.4 Å². The molecule has 3 rings (SSSR count). The summed E-state index contributed by atoms with van der Waals surface area (Å²) in [5.74, 6) is -2.71. The zero-order chi connectivity index (χ0) is 27.8. The molecule has 0 saturated carbocycles. The average Bonchev–Trinajstić information content (AvgIpc) is 3.12. The predicted octanol–water partition coefficient (Wildman–Crippen LogP) is 3.31. The number of aryl methyl sites for hydroxylation is 1. The zero-order valence-corrected chi connectivity index (χ0v) is 21.3. The second-order valence-corrected chi connectivity index (χ2v) is 12.2. The van der Waals surface area contributed by atoms with Crippen LogP contribution in [0.5, 0.6) is 0 Å². The summed E-state index contributed by atoms with van der Waals surface area (Å²) in [6.07, 6.45) is 0.379. The van der Waals surface area contributed by atoms with Gasteiger partial charge < -0.3 is 10.2 Å². The van der Waals surface area contributed by atoms with Crippen molar-refractivity contribution >= 4 is 42.7 Å². The van der Waals surface area contributed by atoms with Crippen LogP contribution in [0.25, 0.3) is 11.1 Å². The highest BCUT2D eigenvalue weighted by atomic mass is 32.2. The molecule has 2 aromatic heterocycles. The van der Waals surface area contributed by atoms with E-state index in [-0.39, 0.29) is 41.1 Å². The Morgan fingerprint density at radius 3 is 2.27 bits per heavy atom. The fraction of sp³-hybridized carbons (Fsp3) is 0.364. The first kappa shape index (κ1) is 28.4. The fourth-order valence-corrected chi connectivity index (χ4v) is 5.38. The number of carbonyl (C=O) groups is 1. The van der Waals surface area contributed by atoms with E-state index in [2.05, 4.69) is 4.98 Å². The molecule has 0 bridgehead atoms. The van der Waals surface area contributed by atoms with Crippen LogP contribution in [0.4, 0.5) is 23.4 Å². The van der Waals surface area contributed by atoms with Crippen LogP contribution in [0.3, 0.4) is 0 Å². The van der Waals surface area contributed by atoms with Gasteiger partial charge in [-0.15, -0.1) is 0 Å². The Kier molecular flexibility index (Phi) is 7.88. The Hall–Kier alpha value is -3.20. The van der Waals surface area contributed by atoms with Crippen LogP contribution in [0.2, 0.25) is 0 Å². The molecule has 9 nitrogen and oxygen atoms in total. The van der Waals surface area contributed by atoms with Crippen LogP contribution in [-0.4, -0.2) is 51.8 Å². The molecular formula is C22H23F4N3O6S2. The molecule has 0 spiro atoms. The van der Waals surface area contributed by atoms with Crippen LogP contribution in [0, 0.1) is 5.82 Å². The summed E-state index contributed by atoms with van der Waals surface area (Å²) in [5, 5.41) is 0.193. The largest absolute Gasteiger partial charge is 0.497 e. The highest BCUT2D eigenvalue weighted by Crippen LogP contribution is 2.33. The molecule has 0 radical (unpaired) electrons. The van der Waals surface area contributed by atoms with E-state index in [1.165, 1.54) is 30.3 Å². The van der Waals surface area contributed by atoms with Gasteiger partial charge >= 0.3 is 5.51 Å². The minimum atomic E-state index is -5.46. The van der Waals surface area contributed by atoms with Gasteiger partial charge in [-0.2, -0.15) is 18.2 Å². The summed E-state index contributed by atoms with van der Waals surface area (Å²) < 4.78 is 106. The SMILES string of the molecule is CCc1cc2c(C(N)=O)c(Cc3ccc(F)cc3)oc2nc1N(CCCS(=O)(=O)C(F)(F)F)S(C)(=O)=O. The summed E-state index contributed by atoms with van der Waals surface area (Å²) in [5.41, 5.74) is 0.821. The Morgan fingerprint density at radius 1 is 1.14 bits per heavy atom. The van der Waals surface area contributed by atoms with Crippen molar-refractivity contribution < 1.29 is 43.6 Å². The molecule has 0 unspecified atom stereocenters. The molecule has 37 heavy (non-hydrogen) atoms. The van der Waals surface area contributed by atoms with Gasteiger partial charge in [0, 0.05) is 13.0 Å². The average molecular weight is 566 g/mol. The number of amides is 1. The van der Waals surface area contributed by atoms with E-state index in [4.69, 9.17) is 10.2 Å². The number of pyridine rings is 1. The van der Waals surface area contributed by atoms with Gasteiger partial charge in [-0.3, -0.25) is 9.10 Å². The number of alkyl halides is 3. The van der Waals surface area contributed by atoms with Gasteiger partial charge in [-0.25, -0.2) is 21.2 Å². The minimum Gasteiger partial charge on any atom is -0.441 e. The van der Waals surface area contributed by atoms with Gasteiger partial charge in [0.05, 0.1) is 23.0 Å². The molecule has 2 N–H and O–H groups in total. The van der Waals surface area contributed by atoms with E-state index in [1.54, 1.807) is 6.92 Å². The maximum Gasteiger partial charge on any atom is 0.497 e. The second-order valence-electron chi connectivity index (χ2n) is 8.20. The number of fused-ring (bicyclic) bond motifs is 1. The molecule has 3 aromatic rings. The molecule has 15 heteroatoms. The normalized spacial score (nSPS) is 12.7. The Balaban J connectivity index is 2.07. The van der Waals surface area contributed by atoms with E-state index < -0.39 is 55.8 Å². The van der Waals surface area contributed by atoms with Crippen molar-refractivity contribution in [1.29, 1.82) is 0 Å². The lowest BCUT2D eigenvalue weighted by Gasteiger charge is -2.23. The number of sulfonamides is 1. The lowest BCUT2D eigenvalue weighted by molar-refractivity contribution is -0.0435. The van der Waals surface area contributed by atoms with Gasteiger partial charge in [-0.1, -0.05) is 19.1 Å². The quantitative estimate of drug-likeness (QED) is 0.372. The van der Waals surface area contributed by atoms with Gasteiger partial charge in [0.25, 0.3) is 5.91 Å². The van der Waals surface area contributed by atoms with Gasteiger partial charge in [0.2, 0.25) is 25.6 Å². The molecule has 0 fully saturated rings. The summed E-state index contributed by atoms with van der Waals surface area (Å²) in [4.78, 5) is 16.5. The lowest BCUT2D eigenvalue weighted by Crippen LogP contribution is -2.34. The number of primary amides is 1. The number of sulfone groups is 1. The maximum atomic E-state index is 13.3. The second kappa shape index (κ2) is 10.3. The summed E-state index contributed by atoms with van der Waals surface area (Å²) >= 11 is 0. The molecule has 0 aliphatic carbocycles. The summed E-state index contributed by atoms with van der Waals surface area (Å²) in [6, 6.07) is 6.83. The predicted molar refractivity (Wildman–Crippen MR) is 128 cm³/mol. The molecule has 1 aromatic carbocycles. The summed E-state index contributed by atoms with van der Waals surface area (Å²) in [7, 11) is -9.57. The molecule has 1 amide bonds. The number of nitrogens with two attached hydrogens (primary N) is 1. The number of nitrogens with zero attached hydrogens (tertiary/aromatic N) is 2. The molecule has 2 heterocycles. The van der Waals surface area contributed by atoms with Crippen molar-refractivity contribution in [2.75, 3.05) is 22.9 Å². The number of aromatic nitrogens is 1. The number of halogens is 4. The molecular weight excluding hydrogens is 542 g/mol. The number of benzene rings is 1. The first-order valence-electron chi connectivity index (χ1n) is 10.8. The zero-order valence-electron chi connectivity index (χ0n) is 19.7. The highest BCUT2D eigenvalue weighted by molar-refractivity contribution is 7.92. The molecule has 0 aliphatic heterocycles. The summed E-state index contributed by atoms with van der Waals surface area (Å²) in [6.45, 7) is 1.05. The number of furan rings is 1. The Labute approximate surface area is 210 Å². The van der Waals surface area contributed by atoms with Crippen molar-refractivity contribution in [3.63, 3.8) is 0 Å². The van der Waals surface area contributed by atoms with Crippen LogP contribution in [0.15, 0.2) is 34.7 Å². The van der Waals surface area contributed by atoms with Crippen molar-refractivity contribution in [3.05, 3.63) is 58.6 Å². The van der Waals surface area contributed by atoms with Crippen LogP contribution in [0.1, 0.15) is 40.6 Å². The standard InChI is InChI=1S/C22H23F4N3O6S2/c1-3-14-12-16-18(19(27)30)17(11-13-5-7-15(23)8-6-13)35-21(16)28-20(14)29(36(2,31)32)9-4-10-37(33,34)22(24,25)26/h5-8,12H,3-4,9-11H2,1-2H3,(H2,27,30). The van der Waals surface area contributed by atoms with Crippen molar-refractivity contribution in [2.45, 2.75) is 31.7 Å².